The summed E-state index contributed by atoms with van der Waals surface area (Å²) in [6.45, 7) is 6.61. The van der Waals surface area contributed by atoms with Gasteiger partial charge in [-0.05, 0) is 47.0 Å². The summed E-state index contributed by atoms with van der Waals surface area (Å²) in [7, 11) is 0. The fourth-order valence-electron chi connectivity index (χ4n) is 1.86. The number of nitrogens with zero attached hydrogens (tertiary/aromatic N) is 2. The Morgan fingerprint density at radius 1 is 1.40 bits per heavy atom. The molecule has 1 unspecified atom stereocenters. The average Bonchev–Trinajstić information content (AvgIpc) is 2.88. The maximum atomic E-state index is 9.69. The van der Waals surface area contributed by atoms with Crippen LogP contribution < -0.4 is 0 Å². The first-order valence-electron chi connectivity index (χ1n) is 6.47. The van der Waals surface area contributed by atoms with Crippen molar-refractivity contribution < 1.29 is 14.4 Å². The highest BCUT2D eigenvalue weighted by atomic mass is 79.9. The van der Waals surface area contributed by atoms with Crippen LogP contribution in [0.2, 0.25) is 0 Å². The third-order valence-corrected chi connectivity index (χ3v) is 3.51. The lowest BCUT2D eigenvalue weighted by molar-refractivity contribution is 0.0217. The van der Waals surface area contributed by atoms with Crippen LogP contribution in [-0.2, 0) is 4.74 Å². The molecule has 0 radical (unpaired) electrons. The van der Waals surface area contributed by atoms with Crippen LogP contribution in [0.5, 0.6) is 5.75 Å². The van der Waals surface area contributed by atoms with E-state index in [2.05, 4.69) is 26.1 Å². The maximum Gasteiger partial charge on any atom is 0.258 e. The fraction of sp³-hybridized carbons (Fsp3) is 0.429. The second kappa shape index (κ2) is 6.37. The summed E-state index contributed by atoms with van der Waals surface area (Å²) in [6, 6.07) is 5.11. The van der Waals surface area contributed by atoms with E-state index in [0.717, 1.165) is 0 Å². The van der Waals surface area contributed by atoms with Crippen LogP contribution in [0.25, 0.3) is 11.5 Å². The van der Waals surface area contributed by atoms with Gasteiger partial charge in [0.2, 0.25) is 5.82 Å². The smallest absolute Gasteiger partial charge is 0.258 e. The molecule has 20 heavy (non-hydrogen) atoms. The van der Waals surface area contributed by atoms with E-state index in [9.17, 15) is 5.11 Å². The fourth-order valence-corrected chi connectivity index (χ4v) is 2.10. The molecule has 0 saturated heterocycles. The minimum atomic E-state index is -0.193. The van der Waals surface area contributed by atoms with E-state index < -0.39 is 0 Å². The molecule has 0 saturated carbocycles. The number of halogens is 1. The molecular weight excluding hydrogens is 324 g/mol. The van der Waals surface area contributed by atoms with Gasteiger partial charge in [0.05, 0.1) is 4.47 Å². The van der Waals surface area contributed by atoms with Gasteiger partial charge in [0.1, 0.15) is 11.9 Å². The molecule has 0 aliphatic rings. The molecule has 5 nitrogen and oxygen atoms in total. The van der Waals surface area contributed by atoms with E-state index in [1.807, 2.05) is 20.8 Å². The second-order valence-electron chi connectivity index (χ2n) is 4.74. The van der Waals surface area contributed by atoms with Crippen molar-refractivity contribution >= 4 is 15.9 Å². The van der Waals surface area contributed by atoms with Crippen LogP contribution in [0.15, 0.2) is 27.2 Å². The molecule has 0 aliphatic heterocycles. The molecular formula is C14H17BrN2O3. The van der Waals surface area contributed by atoms with E-state index in [0.29, 0.717) is 28.4 Å². The Bertz CT molecular complexity index is 584. The average molecular weight is 341 g/mol. The molecule has 1 aromatic heterocycles. The summed E-state index contributed by atoms with van der Waals surface area (Å²) in [6.07, 6.45) is -0.193. The van der Waals surface area contributed by atoms with Gasteiger partial charge in [-0.1, -0.05) is 19.0 Å². The number of benzene rings is 1. The van der Waals surface area contributed by atoms with E-state index >= 15 is 0 Å². The highest BCUT2D eigenvalue weighted by molar-refractivity contribution is 9.10. The normalized spacial score (nSPS) is 12.8. The quantitative estimate of drug-likeness (QED) is 0.892. The van der Waals surface area contributed by atoms with Crippen molar-refractivity contribution in [3.63, 3.8) is 0 Å². The lowest BCUT2D eigenvalue weighted by atomic mass is 10.1. The first-order chi connectivity index (χ1) is 9.52. The molecule has 6 heteroatoms. The van der Waals surface area contributed by atoms with Crippen molar-refractivity contribution in [2.45, 2.75) is 26.9 Å². The second-order valence-corrected chi connectivity index (χ2v) is 5.60. The molecule has 2 rings (SSSR count). The molecule has 1 aromatic carbocycles. The molecule has 108 valence electrons. The van der Waals surface area contributed by atoms with E-state index in [1.165, 1.54) is 0 Å². The molecule has 0 amide bonds. The molecule has 2 aromatic rings. The summed E-state index contributed by atoms with van der Waals surface area (Å²) in [5.74, 6) is 1.28. The largest absolute Gasteiger partial charge is 0.507 e. The van der Waals surface area contributed by atoms with E-state index in [1.54, 1.807) is 18.2 Å². The number of aromatic hydroxyl groups is 1. The first kappa shape index (κ1) is 15.0. The Hall–Kier alpha value is -1.40. The predicted octanol–water partition coefficient (Wildman–Crippen LogP) is 3.94. The molecule has 0 aliphatic carbocycles. The third-order valence-electron chi connectivity index (χ3n) is 2.84. The molecule has 0 spiro atoms. The number of phenols is 1. The van der Waals surface area contributed by atoms with Crippen molar-refractivity contribution in [3.8, 4) is 17.2 Å². The number of hydrogen-bond donors (Lipinski definition) is 1. The SMILES string of the molecule is CCOC(c1noc(-c2ccc(Br)c(O)c2)n1)C(C)C. The lowest BCUT2D eigenvalue weighted by Gasteiger charge is -2.16. The highest BCUT2D eigenvalue weighted by Crippen LogP contribution is 2.30. The van der Waals surface area contributed by atoms with Crippen LogP contribution in [-0.4, -0.2) is 21.9 Å². The van der Waals surface area contributed by atoms with Crippen LogP contribution in [0.3, 0.4) is 0 Å². The van der Waals surface area contributed by atoms with Gasteiger partial charge in [0.15, 0.2) is 0 Å². The Balaban J connectivity index is 2.29. The molecule has 0 fully saturated rings. The van der Waals surface area contributed by atoms with Gasteiger partial charge in [-0.2, -0.15) is 4.98 Å². The number of hydrogen-bond acceptors (Lipinski definition) is 5. The highest BCUT2D eigenvalue weighted by Gasteiger charge is 2.22. The van der Waals surface area contributed by atoms with Crippen molar-refractivity contribution in [1.29, 1.82) is 0 Å². The summed E-state index contributed by atoms with van der Waals surface area (Å²) < 4.78 is 11.5. The number of ether oxygens (including phenoxy) is 1. The zero-order valence-corrected chi connectivity index (χ0v) is 13.2. The van der Waals surface area contributed by atoms with Crippen LogP contribution in [0.4, 0.5) is 0 Å². The Morgan fingerprint density at radius 2 is 2.15 bits per heavy atom. The van der Waals surface area contributed by atoms with Gasteiger partial charge < -0.3 is 14.4 Å². The van der Waals surface area contributed by atoms with E-state index in [-0.39, 0.29) is 17.8 Å². The molecule has 1 heterocycles. The number of phenolic OH excluding ortho intramolecular Hbond substituents is 1. The van der Waals surface area contributed by atoms with Crippen molar-refractivity contribution in [2.24, 2.45) is 5.92 Å². The van der Waals surface area contributed by atoms with Gasteiger partial charge >= 0.3 is 0 Å². The summed E-state index contributed by atoms with van der Waals surface area (Å²) >= 11 is 3.23. The molecule has 1 atom stereocenters. The summed E-state index contributed by atoms with van der Waals surface area (Å²) in [5, 5.41) is 13.7. The Kier molecular flexibility index (Phi) is 4.77. The Morgan fingerprint density at radius 3 is 2.75 bits per heavy atom. The van der Waals surface area contributed by atoms with E-state index in [4.69, 9.17) is 9.26 Å². The molecule has 0 bridgehead atoms. The lowest BCUT2D eigenvalue weighted by Crippen LogP contribution is -2.12. The van der Waals surface area contributed by atoms with Crippen molar-refractivity contribution in [2.75, 3.05) is 6.61 Å². The van der Waals surface area contributed by atoms with Crippen LogP contribution in [0, 0.1) is 5.92 Å². The van der Waals surface area contributed by atoms with Gasteiger partial charge in [-0.15, -0.1) is 0 Å². The van der Waals surface area contributed by atoms with Crippen molar-refractivity contribution in [3.05, 3.63) is 28.5 Å². The summed E-state index contributed by atoms with van der Waals surface area (Å²) in [5.41, 5.74) is 0.670. The number of aromatic nitrogens is 2. The minimum absolute atomic E-state index is 0.132. The van der Waals surface area contributed by atoms with Gasteiger partial charge in [0.25, 0.3) is 5.89 Å². The number of rotatable bonds is 5. The van der Waals surface area contributed by atoms with Gasteiger partial charge in [-0.3, -0.25) is 0 Å². The standard InChI is InChI=1S/C14H17BrN2O3/c1-4-19-12(8(2)3)13-16-14(20-17-13)9-5-6-10(15)11(18)7-9/h5-8,12,18H,4H2,1-3H3. The zero-order valence-electron chi connectivity index (χ0n) is 11.6. The summed E-state index contributed by atoms with van der Waals surface area (Å²) in [4.78, 5) is 4.36. The minimum Gasteiger partial charge on any atom is -0.507 e. The van der Waals surface area contributed by atoms with Gasteiger partial charge in [-0.25, -0.2) is 0 Å². The monoisotopic (exact) mass is 340 g/mol. The zero-order chi connectivity index (χ0) is 14.7. The third kappa shape index (κ3) is 3.19. The topological polar surface area (TPSA) is 68.4 Å². The van der Waals surface area contributed by atoms with Gasteiger partial charge in [0, 0.05) is 12.2 Å². The maximum absolute atomic E-state index is 9.69. The molecule has 1 N–H and O–H groups in total. The first-order valence-corrected chi connectivity index (χ1v) is 7.26. The van der Waals surface area contributed by atoms with Crippen LogP contribution >= 0.6 is 15.9 Å². The Labute approximate surface area is 126 Å². The predicted molar refractivity (Wildman–Crippen MR) is 78.3 cm³/mol. The van der Waals surface area contributed by atoms with Crippen LogP contribution in [0.1, 0.15) is 32.7 Å². The van der Waals surface area contributed by atoms with Crippen molar-refractivity contribution in [1.82, 2.24) is 10.1 Å².